The molecule has 7 nitrogen and oxygen atoms in total. The molecular formula is C20H20ClN5O2. The summed E-state index contributed by atoms with van der Waals surface area (Å²) in [4.78, 5) is 13.2. The Labute approximate surface area is 167 Å². The summed E-state index contributed by atoms with van der Waals surface area (Å²) in [7, 11) is 0. The molecule has 0 amide bonds. The van der Waals surface area contributed by atoms with Crippen molar-refractivity contribution in [1.82, 2.24) is 19.5 Å². The molecule has 144 valence electrons. The molecule has 0 bridgehead atoms. The van der Waals surface area contributed by atoms with Crippen LogP contribution in [0.3, 0.4) is 0 Å². The Bertz CT molecular complexity index is 1090. The van der Waals surface area contributed by atoms with E-state index in [4.69, 9.17) is 17.3 Å². The predicted molar refractivity (Wildman–Crippen MR) is 110 cm³/mol. The Morgan fingerprint density at radius 3 is 2.25 bits per heavy atom. The summed E-state index contributed by atoms with van der Waals surface area (Å²) in [5.74, 6) is 0.938. The second kappa shape index (κ2) is 7.93. The van der Waals surface area contributed by atoms with Gasteiger partial charge in [-0.3, -0.25) is 4.57 Å². The van der Waals surface area contributed by atoms with Crippen molar-refractivity contribution in [2.24, 2.45) is 0 Å². The number of nitrogens with two attached hydrogens (primary N) is 1. The van der Waals surface area contributed by atoms with Gasteiger partial charge in [0.05, 0.1) is 5.56 Å². The fraction of sp³-hybridized carbons (Fsp3) is 0.150. The maximum Gasteiger partial charge on any atom is 0.271 e. The minimum Gasteiger partial charge on any atom is -0.383 e. The van der Waals surface area contributed by atoms with Gasteiger partial charge in [-0.2, -0.15) is 0 Å². The molecule has 0 aliphatic carbocycles. The fourth-order valence-corrected chi connectivity index (χ4v) is 2.89. The van der Waals surface area contributed by atoms with Crippen LogP contribution in [0.4, 0.5) is 5.82 Å². The molecule has 0 radical (unpaired) electrons. The number of imidazole rings is 1. The molecular weight excluding hydrogens is 378 g/mol. The Hall–Kier alpha value is -3.00. The molecule has 0 atom stereocenters. The molecule has 8 heteroatoms. The Morgan fingerprint density at radius 1 is 0.964 bits per heavy atom. The summed E-state index contributed by atoms with van der Waals surface area (Å²) in [5.41, 5.74) is 8.92. The average Bonchev–Trinajstić information content (AvgIpc) is 3.08. The van der Waals surface area contributed by atoms with Crippen LogP contribution in [0, 0.1) is 0 Å². The lowest BCUT2D eigenvalue weighted by atomic mass is 10.2. The molecule has 28 heavy (non-hydrogen) atoms. The zero-order valence-corrected chi connectivity index (χ0v) is 16.2. The minimum absolute atomic E-state index is 0.155. The van der Waals surface area contributed by atoms with Gasteiger partial charge in [0.15, 0.2) is 11.5 Å². The number of pyridine rings is 2. The van der Waals surface area contributed by atoms with Crippen molar-refractivity contribution in [3.63, 3.8) is 0 Å². The summed E-state index contributed by atoms with van der Waals surface area (Å²) in [6, 6.07) is 13.7. The standard InChI is InChI=1S/C18H14ClN5O2.C2H6/c19-18(25,26)11-5-7-12(8-6-11)24-16(13-3-1-9-21-15(13)20)23-14-4-2-10-22-17(14)24;1-2/h1-10,25-26H,(H2,20,21);1-2H3. The number of aromatic nitrogens is 4. The molecule has 1 aromatic carbocycles. The summed E-state index contributed by atoms with van der Waals surface area (Å²) in [5, 5.41) is 16.6. The number of aliphatic hydroxyl groups is 2. The molecule has 0 aliphatic rings. The Kier molecular flexibility index (Phi) is 5.60. The first-order chi connectivity index (χ1) is 13.4. The molecule has 3 aromatic heterocycles. The summed E-state index contributed by atoms with van der Waals surface area (Å²) < 4.78 is 1.83. The zero-order chi connectivity index (χ0) is 20.3. The van der Waals surface area contributed by atoms with E-state index in [9.17, 15) is 10.2 Å². The van der Waals surface area contributed by atoms with Crippen molar-refractivity contribution >= 4 is 28.6 Å². The lowest BCUT2D eigenvalue weighted by molar-refractivity contribution is -0.0902. The van der Waals surface area contributed by atoms with Gasteiger partial charge in [-0.1, -0.05) is 37.6 Å². The van der Waals surface area contributed by atoms with Crippen molar-refractivity contribution in [2.45, 2.75) is 19.1 Å². The lowest BCUT2D eigenvalue weighted by Crippen LogP contribution is -2.16. The number of hydrogen-bond acceptors (Lipinski definition) is 6. The third kappa shape index (κ3) is 3.68. The number of alkyl halides is 1. The number of halogens is 1. The number of fused-ring (bicyclic) bond motifs is 1. The lowest BCUT2D eigenvalue weighted by Gasteiger charge is -2.15. The third-order valence-electron chi connectivity index (χ3n) is 3.99. The predicted octanol–water partition coefficient (Wildman–Crippen LogP) is 3.42. The minimum atomic E-state index is -2.43. The molecule has 3 heterocycles. The van der Waals surface area contributed by atoms with Gasteiger partial charge < -0.3 is 15.9 Å². The Balaban J connectivity index is 0.00000109. The number of nitrogen functional groups attached to an aromatic ring is 1. The Morgan fingerprint density at radius 2 is 1.61 bits per heavy atom. The SMILES string of the molecule is CC.Nc1ncccc1-c1nc2cccnc2n1-c1ccc(C(O)(O)Cl)cc1. The van der Waals surface area contributed by atoms with Gasteiger partial charge in [0.25, 0.3) is 5.25 Å². The average molecular weight is 398 g/mol. The summed E-state index contributed by atoms with van der Waals surface area (Å²) in [6.07, 6.45) is 3.29. The fourth-order valence-electron chi connectivity index (χ4n) is 2.77. The van der Waals surface area contributed by atoms with Gasteiger partial charge in [-0.15, -0.1) is 0 Å². The monoisotopic (exact) mass is 397 g/mol. The van der Waals surface area contributed by atoms with E-state index >= 15 is 0 Å². The second-order valence-electron chi connectivity index (χ2n) is 5.69. The van der Waals surface area contributed by atoms with Crippen LogP contribution >= 0.6 is 11.6 Å². The van der Waals surface area contributed by atoms with Crippen LogP contribution in [0.5, 0.6) is 0 Å². The first-order valence-electron chi connectivity index (χ1n) is 8.74. The normalized spacial score (nSPS) is 11.2. The number of hydrogen-bond donors (Lipinski definition) is 3. The molecule has 0 saturated heterocycles. The van der Waals surface area contributed by atoms with Crippen molar-refractivity contribution in [2.75, 3.05) is 5.73 Å². The van der Waals surface area contributed by atoms with Crippen LogP contribution in [0.2, 0.25) is 0 Å². The van der Waals surface area contributed by atoms with E-state index in [-0.39, 0.29) is 5.56 Å². The van der Waals surface area contributed by atoms with Crippen molar-refractivity contribution in [3.05, 3.63) is 66.5 Å². The van der Waals surface area contributed by atoms with E-state index in [0.717, 1.165) is 0 Å². The van der Waals surface area contributed by atoms with Crippen molar-refractivity contribution in [1.29, 1.82) is 0 Å². The largest absolute Gasteiger partial charge is 0.383 e. The number of nitrogens with zero attached hydrogens (tertiary/aromatic N) is 4. The maximum atomic E-state index is 9.52. The first kappa shape index (κ1) is 19.8. The number of anilines is 1. The number of benzene rings is 1. The maximum absolute atomic E-state index is 9.52. The third-order valence-corrected chi connectivity index (χ3v) is 4.21. The van der Waals surface area contributed by atoms with Gasteiger partial charge in [-0.25, -0.2) is 15.0 Å². The molecule has 0 unspecified atom stereocenters. The smallest absolute Gasteiger partial charge is 0.271 e. The van der Waals surface area contributed by atoms with Gasteiger partial charge >= 0.3 is 0 Å². The molecule has 4 N–H and O–H groups in total. The zero-order valence-electron chi connectivity index (χ0n) is 15.4. The highest BCUT2D eigenvalue weighted by atomic mass is 35.5. The van der Waals surface area contributed by atoms with Crippen molar-refractivity contribution < 1.29 is 10.2 Å². The number of rotatable bonds is 3. The van der Waals surface area contributed by atoms with Crippen LogP contribution < -0.4 is 5.73 Å². The van der Waals surface area contributed by atoms with E-state index in [2.05, 4.69) is 15.0 Å². The highest BCUT2D eigenvalue weighted by Crippen LogP contribution is 2.31. The van der Waals surface area contributed by atoms with E-state index < -0.39 is 5.25 Å². The van der Waals surface area contributed by atoms with Gasteiger partial charge in [-0.05, 0) is 36.4 Å². The molecule has 4 rings (SSSR count). The van der Waals surface area contributed by atoms with Crippen LogP contribution in [-0.2, 0) is 5.25 Å². The molecule has 0 aliphatic heterocycles. The molecule has 0 spiro atoms. The molecule has 4 aromatic rings. The van der Waals surface area contributed by atoms with E-state index in [1.165, 1.54) is 12.1 Å². The van der Waals surface area contributed by atoms with Crippen LogP contribution in [0.1, 0.15) is 19.4 Å². The summed E-state index contributed by atoms with van der Waals surface area (Å²) in [6.45, 7) is 4.00. The van der Waals surface area contributed by atoms with Crippen LogP contribution in [-0.4, -0.2) is 29.7 Å². The first-order valence-corrected chi connectivity index (χ1v) is 9.12. The van der Waals surface area contributed by atoms with E-state index in [1.54, 1.807) is 36.7 Å². The van der Waals surface area contributed by atoms with Gasteiger partial charge in [0.2, 0.25) is 0 Å². The van der Waals surface area contributed by atoms with Crippen LogP contribution in [0.25, 0.3) is 28.2 Å². The molecule has 0 saturated carbocycles. The van der Waals surface area contributed by atoms with E-state index in [1.807, 2.05) is 30.5 Å². The van der Waals surface area contributed by atoms with Crippen LogP contribution in [0.15, 0.2) is 60.9 Å². The molecule has 0 fully saturated rings. The van der Waals surface area contributed by atoms with Crippen molar-refractivity contribution in [3.8, 4) is 17.1 Å². The van der Waals surface area contributed by atoms with Gasteiger partial charge in [0, 0.05) is 23.6 Å². The highest BCUT2D eigenvalue weighted by molar-refractivity contribution is 6.21. The van der Waals surface area contributed by atoms with Gasteiger partial charge in [0.1, 0.15) is 11.3 Å². The summed E-state index contributed by atoms with van der Waals surface area (Å²) >= 11 is 5.53. The quantitative estimate of drug-likeness (QED) is 0.361. The second-order valence-corrected chi connectivity index (χ2v) is 6.21. The topological polar surface area (TPSA) is 110 Å². The highest BCUT2D eigenvalue weighted by Gasteiger charge is 2.22. The van der Waals surface area contributed by atoms with E-state index in [0.29, 0.717) is 34.1 Å².